The Labute approximate surface area is 177 Å². The minimum absolute atomic E-state index is 0.207. The molecule has 9 heteroatoms. The van der Waals surface area contributed by atoms with Crippen molar-refractivity contribution in [1.82, 2.24) is 0 Å². The van der Waals surface area contributed by atoms with Crippen LogP contribution in [0, 0.1) is 0 Å². The molecule has 0 N–H and O–H groups in total. The summed E-state index contributed by atoms with van der Waals surface area (Å²) in [4.78, 5) is 0. The predicted octanol–water partition coefficient (Wildman–Crippen LogP) is 3.96. The van der Waals surface area contributed by atoms with Gasteiger partial charge in [0, 0.05) is 61.2 Å². The quantitative estimate of drug-likeness (QED) is 0.276. The van der Waals surface area contributed by atoms with Crippen molar-refractivity contribution in [3.8, 4) is 0 Å². The van der Waals surface area contributed by atoms with Crippen LogP contribution >= 0.6 is 0 Å². The Balaban J connectivity index is 5.16. The maximum absolute atomic E-state index is 6.01. The molecule has 0 aromatic carbocycles. The first-order chi connectivity index (χ1) is 13.5. The third-order valence-electron chi connectivity index (χ3n) is 4.18. The van der Waals surface area contributed by atoms with Crippen molar-refractivity contribution < 1.29 is 26.6 Å². The maximum atomic E-state index is 6.01. The Kier molecular flexibility index (Phi) is 17.0. The highest BCUT2D eigenvalue weighted by molar-refractivity contribution is 6.61. The summed E-state index contributed by atoms with van der Waals surface area (Å²) < 4.78 is 36.1. The van der Waals surface area contributed by atoms with E-state index in [0.717, 1.165) is 24.9 Å². The molecule has 0 fully saturated rings. The van der Waals surface area contributed by atoms with Gasteiger partial charge in [-0.25, -0.2) is 0 Å². The second-order valence-electron chi connectivity index (χ2n) is 6.23. The summed E-state index contributed by atoms with van der Waals surface area (Å²) >= 11 is 0. The van der Waals surface area contributed by atoms with Crippen molar-refractivity contribution in [2.24, 2.45) is 0 Å². The summed E-state index contributed by atoms with van der Waals surface area (Å²) in [6, 6.07) is 1.63. The van der Waals surface area contributed by atoms with E-state index in [-0.39, 0.29) is 9.52 Å². The van der Waals surface area contributed by atoms with Crippen LogP contribution in [0.2, 0.25) is 18.6 Å². The summed E-state index contributed by atoms with van der Waals surface area (Å²) in [6.45, 7) is 18.0. The fourth-order valence-electron chi connectivity index (χ4n) is 3.25. The lowest BCUT2D eigenvalue weighted by molar-refractivity contribution is 0.0709. The van der Waals surface area contributed by atoms with Crippen LogP contribution in [0.1, 0.15) is 54.4 Å². The van der Waals surface area contributed by atoms with Gasteiger partial charge in [0.05, 0.1) is 0 Å². The Morgan fingerprint density at radius 3 is 1.11 bits per heavy atom. The van der Waals surface area contributed by atoms with Gasteiger partial charge in [0.2, 0.25) is 0 Å². The van der Waals surface area contributed by atoms with Crippen LogP contribution in [-0.2, 0) is 26.6 Å². The van der Waals surface area contributed by atoms with E-state index in [0.29, 0.717) is 39.6 Å². The first kappa shape index (κ1) is 28.2. The summed E-state index contributed by atoms with van der Waals surface area (Å²) in [5, 5.41) is 0. The summed E-state index contributed by atoms with van der Waals surface area (Å²) in [7, 11) is -5.44. The van der Waals surface area contributed by atoms with Crippen LogP contribution in [0.25, 0.3) is 0 Å². The molecular formula is C19H44O6Si3. The Bertz CT molecular complexity index is 343. The zero-order chi connectivity index (χ0) is 21.3. The van der Waals surface area contributed by atoms with Crippen LogP contribution < -0.4 is 0 Å². The molecule has 0 bridgehead atoms. The molecule has 0 radical (unpaired) electrons. The van der Waals surface area contributed by atoms with Gasteiger partial charge in [0.1, 0.15) is 0 Å². The average Bonchev–Trinajstić information content (AvgIpc) is 2.65. The second kappa shape index (κ2) is 16.9. The van der Waals surface area contributed by atoms with Gasteiger partial charge in [0.15, 0.2) is 0 Å². The molecule has 0 heterocycles. The molecular weight excluding hydrogens is 408 g/mol. The normalized spacial score (nSPS) is 12.8. The predicted molar refractivity (Wildman–Crippen MR) is 123 cm³/mol. The van der Waals surface area contributed by atoms with Crippen molar-refractivity contribution in [2.75, 3.05) is 39.6 Å². The van der Waals surface area contributed by atoms with Crippen LogP contribution in [0.15, 0.2) is 11.3 Å². The lowest BCUT2D eigenvalue weighted by Gasteiger charge is -2.30. The van der Waals surface area contributed by atoms with Crippen molar-refractivity contribution in [3.05, 3.63) is 11.3 Å². The van der Waals surface area contributed by atoms with Gasteiger partial charge < -0.3 is 26.6 Å². The van der Waals surface area contributed by atoms with Gasteiger partial charge in [-0.3, -0.25) is 0 Å². The highest BCUT2D eigenvalue weighted by Gasteiger charge is 2.42. The Morgan fingerprint density at radius 2 is 0.893 bits per heavy atom. The average molecular weight is 453 g/mol. The SMILES string of the molecule is CCO[Si](CCC(=C[SiH2]C)CC[Si](OCC)(OCC)OCC)(OCC)OCC. The minimum atomic E-state index is -2.62. The van der Waals surface area contributed by atoms with Gasteiger partial charge in [0.25, 0.3) is 0 Å². The highest BCUT2D eigenvalue weighted by atomic mass is 28.4. The zero-order valence-corrected chi connectivity index (χ0v) is 22.7. The van der Waals surface area contributed by atoms with Gasteiger partial charge in [-0.2, -0.15) is 0 Å². The lowest BCUT2D eigenvalue weighted by atomic mass is 10.2. The molecule has 0 saturated heterocycles. The molecule has 0 aliphatic rings. The van der Waals surface area contributed by atoms with Gasteiger partial charge in [-0.05, 0) is 54.4 Å². The van der Waals surface area contributed by atoms with E-state index < -0.39 is 17.6 Å². The molecule has 0 aromatic heterocycles. The minimum Gasteiger partial charge on any atom is -0.374 e. The summed E-state index contributed by atoms with van der Waals surface area (Å²) in [5.74, 6) is 0. The fourth-order valence-corrected chi connectivity index (χ4v) is 9.49. The van der Waals surface area contributed by atoms with E-state index in [9.17, 15) is 0 Å². The second-order valence-corrected chi connectivity index (χ2v) is 12.9. The summed E-state index contributed by atoms with van der Waals surface area (Å²) in [6.07, 6.45) is 1.86. The van der Waals surface area contributed by atoms with Crippen molar-refractivity contribution >= 4 is 27.1 Å². The zero-order valence-electron chi connectivity index (χ0n) is 19.3. The molecule has 0 rings (SSSR count). The van der Waals surface area contributed by atoms with Crippen molar-refractivity contribution in [1.29, 1.82) is 0 Å². The van der Waals surface area contributed by atoms with E-state index >= 15 is 0 Å². The molecule has 168 valence electrons. The molecule has 0 amide bonds. The molecule has 0 aliphatic carbocycles. The third-order valence-corrected chi connectivity index (χ3v) is 11.3. The molecule has 6 nitrogen and oxygen atoms in total. The maximum Gasteiger partial charge on any atom is 0.501 e. The monoisotopic (exact) mass is 452 g/mol. The third kappa shape index (κ3) is 10.8. The highest BCUT2D eigenvalue weighted by Crippen LogP contribution is 2.27. The van der Waals surface area contributed by atoms with Crippen molar-refractivity contribution in [3.63, 3.8) is 0 Å². The van der Waals surface area contributed by atoms with E-state index in [1.807, 2.05) is 41.5 Å². The smallest absolute Gasteiger partial charge is 0.374 e. The van der Waals surface area contributed by atoms with Crippen LogP contribution in [-0.4, -0.2) is 66.8 Å². The molecule has 0 unspecified atom stereocenters. The number of hydrogen-bond acceptors (Lipinski definition) is 6. The molecule has 0 spiro atoms. The number of allylic oxidation sites excluding steroid dienone is 1. The molecule has 0 aromatic rings. The number of rotatable bonds is 19. The first-order valence-corrected chi connectivity index (χ1v) is 17.1. The van der Waals surface area contributed by atoms with Gasteiger partial charge in [-0.1, -0.05) is 12.1 Å². The number of hydrogen-bond donors (Lipinski definition) is 0. The standard InChI is InChI=1S/C19H44O6Si3/c1-8-20-27(21-9-2,22-10-3)16-14-19(18-26-7)15-17-28(23-11-4,24-12-5)25-13-6/h18H,8-17,26H2,1-7H3. The van der Waals surface area contributed by atoms with Gasteiger partial charge in [-0.15, -0.1) is 5.70 Å². The molecule has 0 atom stereocenters. The van der Waals surface area contributed by atoms with E-state index in [4.69, 9.17) is 26.6 Å². The van der Waals surface area contributed by atoms with Crippen LogP contribution in [0.4, 0.5) is 0 Å². The molecule has 0 aliphatic heterocycles. The first-order valence-electron chi connectivity index (χ1n) is 11.0. The fraction of sp³-hybridized carbons (Fsp3) is 0.895. The molecule has 28 heavy (non-hydrogen) atoms. The van der Waals surface area contributed by atoms with Crippen LogP contribution in [0.5, 0.6) is 0 Å². The molecule has 0 saturated carbocycles. The van der Waals surface area contributed by atoms with Crippen LogP contribution in [0.3, 0.4) is 0 Å². The van der Waals surface area contributed by atoms with E-state index in [1.165, 1.54) is 5.57 Å². The lowest BCUT2D eigenvalue weighted by Crippen LogP contribution is -2.46. The Morgan fingerprint density at radius 1 is 0.607 bits per heavy atom. The topological polar surface area (TPSA) is 55.4 Å². The Hall–Kier alpha value is 0.151. The summed E-state index contributed by atoms with van der Waals surface area (Å²) in [5.41, 5.74) is 3.87. The largest absolute Gasteiger partial charge is 0.501 e. The van der Waals surface area contributed by atoms with E-state index in [2.05, 4.69) is 12.2 Å². The van der Waals surface area contributed by atoms with Gasteiger partial charge >= 0.3 is 17.6 Å². The van der Waals surface area contributed by atoms with Crippen molar-refractivity contribution in [2.45, 2.75) is 73.0 Å². The van der Waals surface area contributed by atoms with E-state index in [1.54, 1.807) is 0 Å².